The number of nitrogens with one attached hydrogen (secondary N) is 1. The van der Waals surface area contributed by atoms with Gasteiger partial charge < -0.3 is 14.8 Å². The van der Waals surface area contributed by atoms with Gasteiger partial charge in [0.2, 0.25) is 0 Å². The van der Waals surface area contributed by atoms with Gasteiger partial charge in [0.25, 0.3) is 0 Å². The zero-order valence-corrected chi connectivity index (χ0v) is 17.2. The van der Waals surface area contributed by atoms with Crippen LogP contribution in [0.3, 0.4) is 0 Å². The molecule has 0 atom stereocenters. The summed E-state index contributed by atoms with van der Waals surface area (Å²) in [6.45, 7) is 0.831. The maximum Gasteiger partial charge on any atom is 0.416 e. The van der Waals surface area contributed by atoms with Gasteiger partial charge in [0.05, 0.1) is 17.5 Å². The number of urea groups is 1. The van der Waals surface area contributed by atoms with E-state index in [0.29, 0.717) is 18.5 Å². The summed E-state index contributed by atoms with van der Waals surface area (Å²) in [6, 6.07) is 7.86. The van der Waals surface area contributed by atoms with Crippen LogP contribution in [0.4, 0.5) is 36.8 Å². The number of anilines is 1. The van der Waals surface area contributed by atoms with Crippen LogP contribution in [-0.2, 0) is 25.4 Å². The van der Waals surface area contributed by atoms with Crippen LogP contribution in [0.25, 0.3) is 0 Å². The molecule has 11 heteroatoms. The molecule has 0 aliphatic rings. The summed E-state index contributed by atoms with van der Waals surface area (Å²) in [5.41, 5.74) is -0.997. The minimum Gasteiger partial charge on any atom is -0.337 e. The summed E-state index contributed by atoms with van der Waals surface area (Å²) in [4.78, 5) is 18.1. The van der Waals surface area contributed by atoms with Crippen molar-refractivity contribution >= 4 is 11.7 Å². The molecule has 0 aliphatic carbocycles. The monoisotopic (exact) mass is 470 g/mol. The first-order valence-electron chi connectivity index (χ1n) is 9.87. The van der Waals surface area contributed by atoms with Crippen LogP contribution in [-0.4, -0.2) is 27.0 Å². The number of nitrogens with zero attached hydrogens (tertiary/aromatic N) is 3. The van der Waals surface area contributed by atoms with E-state index >= 15 is 0 Å². The second-order valence-electron chi connectivity index (χ2n) is 7.28. The predicted octanol–water partition coefficient (Wildman–Crippen LogP) is 6.05. The summed E-state index contributed by atoms with van der Waals surface area (Å²) in [5, 5.41) is 2.54. The third-order valence-corrected chi connectivity index (χ3v) is 4.81. The van der Waals surface area contributed by atoms with E-state index in [-0.39, 0.29) is 18.8 Å². The van der Waals surface area contributed by atoms with Crippen LogP contribution in [0.5, 0.6) is 0 Å². The Labute approximate surface area is 185 Å². The maximum absolute atomic E-state index is 12.8. The van der Waals surface area contributed by atoms with Gasteiger partial charge in [-0.05, 0) is 48.4 Å². The summed E-state index contributed by atoms with van der Waals surface area (Å²) < 4.78 is 78.4. The third-order valence-electron chi connectivity index (χ3n) is 4.81. The van der Waals surface area contributed by atoms with Crippen LogP contribution < -0.4 is 5.32 Å². The molecule has 0 unspecified atom stereocenters. The van der Waals surface area contributed by atoms with Crippen molar-refractivity contribution in [3.8, 4) is 0 Å². The van der Waals surface area contributed by atoms with Crippen molar-refractivity contribution in [1.82, 2.24) is 14.5 Å². The Morgan fingerprint density at radius 1 is 0.909 bits per heavy atom. The highest BCUT2D eigenvalue weighted by atomic mass is 19.4. The predicted molar refractivity (Wildman–Crippen MR) is 109 cm³/mol. The highest BCUT2D eigenvalue weighted by Crippen LogP contribution is 2.30. The van der Waals surface area contributed by atoms with Crippen LogP contribution in [0.15, 0.2) is 67.3 Å². The Morgan fingerprint density at radius 3 is 2.00 bits per heavy atom. The second kappa shape index (κ2) is 9.97. The van der Waals surface area contributed by atoms with Crippen molar-refractivity contribution < 1.29 is 31.1 Å². The van der Waals surface area contributed by atoms with Crippen LogP contribution >= 0.6 is 0 Å². The van der Waals surface area contributed by atoms with E-state index in [2.05, 4.69) is 10.3 Å². The summed E-state index contributed by atoms with van der Waals surface area (Å²) >= 11 is 0. The van der Waals surface area contributed by atoms with Crippen molar-refractivity contribution in [3.63, 3.8) is 0 Å². The van der Waals surface area contributed by atoms with Crippen molar-refractivity contribution in [2.75, 3.05) is 11.9 Å². The zero-order chi connectivity index (χ0) is 24.1. The van der Waals surface area contributed by atoms with Crippen molar-refractivity contribution in [3.05, 3.63) is 83.9 Å². The molecular weight excluding hydrogens is 450 g/mol. The Morgan fingerprint density at radius 2 is 1.48 bits per heavy atom. The fourth-order valence-electron chi connectivity index (χ4n) is 3.08. The number of aromatic nitrogens is 2. The number of carbonyl (C=O) groups excluding carboxylic acids is 1. The molecule has 5 nitrogen and oxygen atoms in total. The lowest BCUT2D eigenvalue weighted by Gasteiger charge is -2.24. The second-order valence-corrected chi connectivity index (χ2v) is 7.28. The van der Waals surface area contributed by atoms with Crippen LogP contribution in [0.1, 0.15) is 23.1 Å². The average molecular weight is 470 g/mol. The van der Waals surface area contributed by atoms with Gasteiger partial charge in [0.15, 0.2) is 0 Å². The van der Waals surface area contributed by atoms with Gasteiger partial charge in [-0.3, -0.25) is 0 Å². The maximum atomic E-state index is 12.8. The summed E-state index contributed by atoms with van der Waals surface area (Å²) in [6.07, 6.45) is -3.47. The molecule has 176 valence electrons. The van der Waals surface area contributed by atoms with E-state index in [1.807, 2.05) is 4.57 Å². The number of amides is 2. The van der Waals surface area contributed by atoms with E-state index in [0.717, 1.165) is 36.4 Å². The average Bonchev–Trinajstić information content (AvgIpc) is 3.26. The number of carbonyl (C=O) groups is 1. The van der Waals surface area contributed by atoms with Gasteiger partial charge in [-0.15, -0.1) is 0 Å². The van der Waals surface area contributed by atoms with E-state index in [9.17, 15) is 31.1 Å². The molecule has 1 heterocycles. The van der Waals surface area contributed by atoms with Crippen LogP contribution in [0.2, 0.25) is 0 Å². The third kappa shape index (κ3) is 6.99. The minimum atomic E-state index is -4.50. The fourth-order valence-corrected chi connectivity index (χ4v) is 3.08. The lowest BCUT2D eigenvalue weighted by atomic mass is 10.1. The van der Waals surface area contributed by atoms with Gasteiger partial charge in [-0.2, -0.15) is 26.3 Å². The summed E-state index contributed by atoms with van der Waals surface area (Å²) in [7, 11) is 0. The molecule has 2 aromatic carbocycles. The quantitative estimate of drug-likeness (QED) is 0.428. The van der Waals surface area contributed by atoms with E-state index in [1.54, 1.807) is 18.7 Å². The first kappa shape index (κ1) is 24.1. The molecule has 0 bridgehead atoms. The smallest absolute Gasteiger partial charge is 0.337 e. The first-order valence-corrected chi connectivity index (χ1v) is 9.87. The molecule has 0 spiro atoms. The molecule has 1 aromatic heterocycles. The SMILES string of the molecule is O=C(Nc1ccc(C(F)(F)F)cc1)N(CCCn1ccnc1)Cc1ccc(C(F)(F)F)cc1. The van der Waals surface area contributed by atoms with E-state index < -0.39 is 29.5 Å². The molecule has 0 aliphatic heterocycles. The highest BCUT2D eigenvalue weighted by Gasteiger charge is 2.31. The van der Waals surface area contributed by atoms with Gasteiger partial charge in [-0.25, -0.2) is 9.78 Å². The standard InChI is InChI=1S/C22H20F6N4O/c23-21(24,25)17-4-2-16(3-5-17)14-32(12-1-11-31-13-10-29-15-31)20(33)30-19-8-6-18(7-9-19)22(26,27)28/h2-10,13,15H,1,11-12,14H2,(H,30,33). The molecule has 0 radical (unpaired) electrons. The number of alkyl halides is 6. The topological polar surface area (TPSA) is 50.2 Å². The van der Waals surface area contributed by atoms with Crippen molar-refractivity contribution in [2.24, 2.45) is 0 Å². The Kier molecular flexibility index (Phi) is 7.29. The Hall–Kier alpha value is -3.50. The molecule has 0 saturated heterocycles. The number of imidazole rings is 1. The highest BCUT2D eigenvalue weighted by molar-refractivity contribution is 5.89. The number of hydrogen-bond acceptors (Lipinski definition) is 2. The molecule has 0 fully saturated rings. The van der Waals surface area contributed by atoms with Crippen LogP contribution in [0, 0.1) is 0 Å². The molecule has 2 amide bonds. The Balaban J connectivity index is 1.70. The normalized spacial score (nSPS) is 11.9. The van der Waals surface area contributed by atoms with E-state index in [4.69, 9.17) is 0 Å². The van der Waals surface area contributed by atoms with E-state index in [1.165, 1.54) is 17.0 Å². The fraction of sp³-hybridized carbons (Fsp3) is 0.273. The van der Waals surface area contributed by atoms with Crippen molar-refractivity contribution in [1.29, 1.82) is 0 Å². The van der Waals surface area contributed by atoms with Gasteiger partial charge in [0.1, 0.15) is 0 Å². The zero-order valence-electron chi connectivity index (χ0n) is 17.2. The van der Waals surface area contributed by atoms with Crippen molar-refractivity contribution in [2.45, 2.75) is 31.9 Å². The largest absolute Gasteiger partial charge is 0.416 e. The molecular formula is C22H20F6N4O. The molecule has 1 N–H and O–H groups in total. The Bertz CT molecular complexity index is 1030. The number of aryl methyl sites for hydroxylation is 1. The minimum absolute atomic E-state index is 0.0224. The molecule has 33 heavy (non-hydrogen) atoms. The molecule has 3 rings (SSSR count). The first-order chi connectivity index (χ1) is 15.5. The van der Waals surface area contributed by atoms with Gasteiger partial charge in [0, 0.05) is 37.7 Å². The number of rotatable bonds is 7. The summed E-state index contributed by atoms with van der Waals surface area (Å²) in [5.74, 6) is 0. The van der Waals surface area contributed by atoms with Gasteiger partial charge >= 0.3 is 18.4 Å². The van der Waals surface area contributed by atoms with Gasteiger partial charge in [-0.1, -0.05) is 12.1 Å². The lowest BCUT2D eigenvalue weighted by Crippen LogP contribution is -2.35. The lowest BCUT2D eigenvalue weighted by molar-refractivity contribution is -0.138. The number of benzene rings is 2. The molecule has 3 aromatic rings. The number of hydrogen-bond donors (Lipinski definition) is 1. The molecule has 0 saturated carbocycles. The number of halogens is 6.